The molecule has 0 radical (unpaired) electrons. The molecule has 0 saturated carbocycles. The second kappa shape index (κ2) is 13.4. The first-order valence-electron chi connectivity index (χ1n) is 13.5. The van der Waals surface area contributed by atoms with Gasteiger partial charge >= 0.3 is 5.97 Å². The summed E-state index contributed by atoms with van der Waals surface area (Å²) in [5, 5.41) is 8.94. The summed E-state index contributed by atoms with van der Waals surface area (Å²) in [6.45, 7) is 6.90. The molecule has 0 aliphatic heterocycles. The van der Waals surface area contributed by atoms with Crippen LogP contribution in [-0.2, 0) is 4.79 Å². The molecule has 0 unspecified atom stereocenters. The standard InChI is InChI=1S/C38H28N2O2/c1-39-37(38(41)42)16-10-2-5-11-29-17-23-34(24-18-29)40(35-25-19-32(20-26-35)30-12-6-3-7-13-30)36-27-21-33(22-28-36)31-14-8-4-9-15-31/h2-28H,(H,41,42)/b10-2+,11-5+,37-16-. The average Bonchev–Trinajstić information content (AvgIpc) is 3.05. The first-order valence-corrected chi connectivity index (χ1v) is 13.5. The molecule has 5 aromatic rings. The molecule has 5 rings (SSSR count). The number of anilines is 3. The van der Waals surface area contributed by atoms with Crippen molar-refractivity contribution in [3.63, 3.8) is 0 Å². The quantitative estimate of drug-likeness (QED) is 0.114. The lowest BCUT2D eigenvalue weighted by Crippen LogP contribution is -2.09. The van der Waals surface area contributed by atoms with E-state index in [9.17, 15) is 4.79 Å². The Morgan fingerprint density at radius 3 is 1.43 bits per heavy atom. The first kappa shape index (κ1) is 27.6. The predicted molar refractivity (Wildman–Crippen MR) is 172 cm³/mol. The molecular formula is C38H28N2O2. The summed E-state index contributed by atoms with van der Waals surface area (Å²) in [6.07, 6.45) is 8.29. The smallest absolute Gasteiger partial charge is 0.333 e. The lowest BCUT2D eigenvalue weighted by Gasteiger charge is -2.26. The van der Waals surface area contributed by atoms with Crippen LogP contribution in [0.1, 0.15) is 5.56 Å². The van der Waals surface area contributed by atoms with Gasteiger partial charge in [-0.3, -0.25) is 4.79 Å². The van der Waals surface area contributed by atoms with Gasteiger partial charge in [-0.05, 0) is 70.3 Å². The van der Waals surface area contributed by atoms with Crippen molar-refractivity contribution in [1.29, 1.82) is 0 Å². The van der Waals surface area contributed by atoms with Gasteiger partial charge in [-0.25, -0.2) is 4.85 Å². The largest absolute Gasteiger partial charge is 0.486 e. The van der Waals surface area contributed by atoms with Gasteiger partial charge in [0, 0.05) is 17.1 Å². The minimum Gasteiger partial charge on any atom is -0.486 e. The Morgan fingerprint density at radius 1 is 0.571 bits per heavy atom. The van der Waals surface area contributed by atoms with Crippen LogP contribution < -0.4 is 4.90 Å². The molecule has 0 fully saturated rings. The highest BCUT2D eigenvalue weighted by Gasteiger charge is 2.13. The van der Waals surface area contributed by atoms with Gasteiger partial charge in [-0.2, -0.15) is 0 Å². The molecule has 0 heterocycles. The second-order valence-corrected chi connectivity index (χ2v) is 9.47. The predicted octanol–water partition coefficient (Wildman–Crippen LogP) is 9.95. The topological polar surface area (TPSA) is 44.9 Å². The molecular weight excluding hydrogens is 516 g/mol. The second-order valence-electron chi connectivity index (χ2n) is 9.47. The minimum atomic E-state index is -1.23. The van der Waals surface area contributed by atoms with Crippen LogP contribution in [0.2, 0.25) is 0 Å². The van der Waals surface area contributed by atoms with Gasteiger partial charge in [0.25, 0.3) is 5.70 Å². The van der Waals surface area contributed by atoms with Crippen molar-refractivity contribution >= 4 is 29.1 Å². The molecule has 0 aliphatic carbocycles. The number of rotatable bonds is 9. The molecule has 5 aromatic carbocycles. The van der Waals surface area contributed by atoms with Gasteiger partial charge in [0.1, 0.15) is 0 Å². The molecule has 0 atom stereocenters. The molecule has 0 aromatic heterocycles. The van der Waals surface area contributed by atoms with Gasteiger partial charge in [-0.1, -0.05) is 121 Å². The highest BCUT2D eigenvalue weighted by molar-refractivity contribution is 5.89. The molecule has 4 heteroatoms. The van der Waals surface area contributed by atoms with E-state index in [-0.39, 0.29) is 5.70 Å². The third kappa shape index (κ3) is 6.80. The molecule has 0 spiro atoms. The fourth-order valence-corrected chi connectivity index (χ4v) is 4.58. The monoisotopic (exact) mass is 544 g/mol. The Labute approximate surface area is 246 Å². The maximum absolute atomic E-state index is 10.9. The minimum absolute atomic E-state index is 0.322. The molecule has 42 heavy (non-hydrogen) atoms. The van der Waals surface area contributed by atoms with Crippen LogP contribution in [0.15, 0.2) is 163 Å². The highest BCUT2D eigenvalue weighted by atomic mass is 16.4. The number of allylic oxidation sites excluding steroid dienone is 4. The van der Waals surface area contributed by atoms with Gasteiger partial charge in [0.15, 0.2) is 0 Å². The maximum atomic E-state index is 10.9. The zero-order valence-electron chi connectivity index (χ0n) is 22.8. The number of carboxylic acid groups (broad SMARTS) is 1. The molecule has 0 amide bonds. The van der Waals surface area contributed by atoms with Gasteiger partial charge < -0.3 is 10.0 Å². The fourth-order valence-electron chi connectivity index (χ4n) is 4.58. The van der Waals surface area contributed by atoms with Crippen LogP contribution in [0, 0.1) is 6.57 Å². The van der Waals surface area contributed by atoms with E-state index in [1.165, 1.54) is 17.2 Å². The Morgan fingerprint density at radius 2 is 1.00 bits per heavy atom. The highest BCUT2D eigenvalue weighted by Crippen LogP contribution is 2.36. The van der Waals surface area contributed by atoms with Crippen LogP contribution in [0.5, 0.6) is 0 Å². The summed E-state index contributed by atoms with van der Waals surface area (Å²) in [6, 6.07) is 46.1. The zero-order chi connectivity index (χ0) is 29.1. The number of benzene rings is 5. The van der Waals surface area contributed by atoms with E-state index < -0.39 is 5.97 Å². The Bertz CT molecular complexity index is 1680. The molecule has 0 aliphatic rings. The van der Waals surface area contributed by atoms with Crippen LogP contribution in [0.25, 0.3) is 33.2 Å². The number of aliphatic carboxylic acids is 1. The summed E-state index contributed by atoms with van der Waals surface area (Å²) in [7, 11) is 0. The van der Waals surface area contributed by atoms with E-state index in [0.29, 0.717) is 0 Å². The van der Waals surface area contributed by atoms with Crippen LogP contribution in [-0.4, -0.2) is 11.1 Å². The van der Waals surface area contributed by atoms with Gasteiger partial charge in [-0.15, -0.1) is 0 Å². The maximum Gasteiger partial charge on any atom is 0.333 e. The average molecular weight is 545 g/mol. The third-order valence-corrected chi connectivity index (χ3v) is 6.72. The molecule has 0 saturated heterocycles. The lowest BCUT2D eigenvalue weighted by molar-refractivity contribution is -0.132. The number of carboxylic acids is 1. The van der Waals surface area contributed by atoms with E-state index >= 15 is 0 Å². The summed E-state index contributed by atoms with van der Waals surface area (Å²) in [5.41, 5.74) is 8.47. The van der Waals surface area contributed by atoms with Crippen molar-refractivity contribution in [3.05, 3.63) is 180 Å². The van der Waals surface area contributed by atoms with Crippen LogP contribution in [0.3, 0.4) is 0 Å². The zero-order valence-corrected chi connectivity index (χ0v) is 22.8. The normalized spacial score (nSPS) is 11.5. The lowest BCUT2D eigenvalue weighted by atomic mass is 10.0. The van der Waals surface area contributed by atoms with Crippen molar-refractivity contribution in [2.24, 2.45) is 0 Å². The van der Waals surface area contributed by atoms with Crippen molar-refractivity contribution < 1.29 is 9.90 Å². The Balaban J connectivity index is 1.43. The van der Waals surface area contributed by atoms with Crippen molar-refractivity contribution in [2.45, 2.75) is 0 Å². The number of carbonyl (C=O) groups is 1. The molecule has 1 N–H and O–H groups in total. The SMILES string of the molecule is [C-]#[N+]\C(=C/C=C/C=C/c1ccc(N(c2ccc(-c3ccccc3)cc2)c2ccc(-c3ccccc3)cc2)cc1)C(=O)O. The van der Waals surface area contributed by atoms with E-state index in [2.05, 4.69) is 94.7 Å². The van der Waals surface area contributed by atoms with E-state index in [1.54, 1.807) is 12.2 Å². The van der Waals surface area contributed by atoms with Crippen LogP contribution in [0.4, 0.5) is 17.1 Å². The Kier molecular flexibility index (Phi) is 8.84. The van der Waals surface area contributed by atoms with E-state index in [4.69, 9.17) is 11.7 Å². The van der Waals surface area contributed by atoms with Crippen molar-refractivity contribution in [2.75, 3.05) is 4.90 Å². The summed E-state index contributed by atoms with van der Waals surface area (Å²) in [5.74, 6) is -1.23. The fraction of sp³-hybridized carbons (Fsp3) is 0. The molecule has 4 nitrogen and oxygen atoms in total. The van der Waals surface area contributed by atoms with E-state index in [1.807, 2.05) is 60.7 Å². The van der Waals surface area contributed by atoms with E-state index in [0.717, 1.165) is 33.8 Å². The van der Waals surface area contributed by atoms with Crippen LogP contribution >= 0.6 is 0 Å². The van der Waals surface area contributed by atoms with Gasteiger partial charge in [0.05, 0.1) is 6.57 Å². The third-order valence-electron chi connectivity index (χ3n) is 6.72. The Hall–Kier alpha value is -5.92. The number of nitrogens with zero attached hydrogens (tertiary/aromatic N) is 2. The summed E-state index contributed by atoms with van der Waals surface area (Å²) < 4.78 is 0. The molecule has 202 valence electrons. The van der Waals surface area contributed by atoms with Crippen molar-refractivity contribution in [1.82, 2.24) is 0 Å². The first-order chi connectivity index (χ1) is 20.6. The van der Waals surface area contributed by atoms with Crippen molar-refractivity contribution in [3.8, 4) is 22.3 Å². The number of hydrogen-bond acceptors (Lipinski definition) is 2. The van der Waals surface area contributed by atoms with Gasteiger partial charge in [0.2, 0.25) is 0 Å². The summed E-state index contributed by atoms with van der Waals surface area (Å²) >= 11 is 0. The molecule has 0 bridgehead atoms. The number of hydrogen-bond donors (Lipinski definition) is 1. The summed E-state index contributed by atoms with van der Waals surface area (Å²) in [4.78, 5) is 16.2.